The molecule has 4 rings (SSSR count). The Morgan fingerprint density at radius 1 is 1.22 bits per heavy atom. The lowest BCUT2D eigenvalue weighted by molar-refractivity contribution is -0.117. The van der Waals surface area contributed by atoms with E-state index in [4.69, 9.17) is 0 Å². The first-order chi connectivity index (χ1) is 11.2. The van der Waals surface area contributed by atoms with E-state index in [-0.39, 0.29) is 11.8 Å². The molecule has 0 atom stereocenters. The summed E-state index contributed by atoms with van der Waals surface area (Å²) in [4.78, 5) is 20.2. The van der Waals surface area contributed by atoms with Crippen molar-refractivity contribution in [2.45, 2.75) is 19.8 Å². The molecule has 116 valence electrons. The Labute approximate surface area is 132 Å². The molecule has 2 heterocycles. The fourth-order valence-corrected chi connectivity index (χ4v) is 2.39. The molecule has 7 heteroatoms. The zero-order valence-corrected chi connectivity index (χ0v) is 12.7. The molecule has 1 aliphatic carbocycles. The van der Waals surface area contributed by atoms with Gasteiger partial charge in [0.05, 0.1) is 0 Å². The summed E-state index contributed by atoms with van der Waals surface area (Å²) in [6.45, 7) is 1.91. The predicted octanol–water partition coefficient (Wildman–Crippen LogP) is 2.52. The van der Waals surface area contributed by atoms with Crippen molar-refractivity contribution in [1.29, 1.82) is 0 Å². The molecule has 0 radical (unpaired) electrons. The molecule has 7 nitrogen and oxygen atoms in total. The van der Waals surface area contributed by atoms with Gasteiger partial charge in [-0.3, -0.25) is 4.79 Å². The summed E-state index contributed by atoms with van der Waals surface area (Å²) in [6.07, 6.45) is 3.48. The highest BCUT2D eigenvalue weighted by atomic mass is 16.2. The number of amides is 1. The van der Waals surface area contributed by atoms with Crippen molar-refractivity contribution in [3.8, 4) is 0 Å². The smallest absolute Gasteiger partial charge is 0.254 e. The first-order valence-corrected chi connectivity index (χ1v) is 7.54. The lowest BCUT2D eigenvalue weighted by Gasteiger charge is -2.10. The Hall–Kier alpha value is -2.96. The van der Waals surface area contributed by atoms with E-state index in [1.807, 2.05) is 37.3 Å². The summed E-state index contributed by atoms with van der Waals surface area (Å²) in [5.74, 6) is 1.66. The summed E-state index contributed by atoms with van der Waals surface area (Å²) in [6, 6.07) is 9.51. The fourth-order valence-electron chi connectivity index (χ4n) is 2.39. The molecule has 23 heavy (non-hydrogen) atoms. The number of aryl methyl sites for hydroxylation is 1. The van der Waals surface area contributed by atoms with Gasteiger partial charge in [-0.2, -0.15) is 14.6 Å². The molecule has 1 fully saturated rings. The van der Waals surface area contributed by atoms with Gasteiger partial charge in [-0.25, -0.2) is 4.98 Å². The van der Waals surface area contributed by atoms with Crippen molar-refractivity contribution in [1.82, 2.24) is 19.6 Å². The Balaban J connectivity index is 1.53. The van der Waals surface area contributed by atoms with Crippen LogP contribution in [0.3, 0.4) is 0 Å². The summed E-state index contributed by atoms with van der Waals surface area (Å²) in [5, 5.41) is 10.4. The second-order valence-electron chi connectivity index (χ2n) is 5.72. The zero-order valence-electron chi connectivity index (χ0n) is 12.7. The Morgan fingerprint density at radius 3 is 2.70 bits per heavy atom. The average molecular weight is 308 g/mol. The van der Waals surface area contributed by atoms with Crippen molar-refractivity contribution in [3.63, 3.8) is 0 Å². The van der Waals surface area contributed by atoms with E-state index in [0.717, 1.165) is 35.7 Å². The van der Waals surface area contributed by atoms with Gasteiger partial charge < -0.3 is 10.6 Å². The second kappa shape index (κ2) is 5.35. The van der Waals surface area contributed by atoms with Gasteiger partial charge in [-0.05, 0) is 44.0 Å². The number of fused-ring (bicyclic) bond motifs is 1. The highest BCUT2D eigenvalue weighted by molar-refractivity contribution is 5.94. The molecular weight excluding hydrogens is 292 g/mol. The summed E-state index contributed by atoms with van der Waals surface area (Å²) < 4.78 is 1.65. The van der Waals surface area contributed by atoms with E-state index in [2.05, 4.69) is 25.7 Å². The largest absolute Gasteiger partial charge is 0.340 e. The van der Waals surface area contributed by atoms with Gasteiger partial charge in [0.15, 0.2) is 0 Å². The molecule has 0 aliphatic heterocycles. The van der Waals surface area contributed by atoms with Crippen LogP contribution in [-0.2, 0) is 4.79 Å². The van der Waals surface area contributed by atoms with Gasteiger partial charge >= 0.3 is 0 Å². The first-order valence-electron chi connectivity index (χ1n) is 7.54. The third-order valence-electron chi connectivity index (χ3n) is 3.75. The molecule has 1 aliphatic rings. The van der Waals surface area contributed by atoms with Crippen LogP contribution >= 0.6 is 0 Å². The third kappa shape index (κ3) is 2.85. The maximum atomic E-state index is 11.8. The summed E-state index contributed by atoms with van der Waals surface area (Å²) in [5.41, 5.74) is 2.57. The highest BCUT2D eigenvalue weighted by Crippen LogP contribution is 2.30. The minimum Gasteiger partial charge on any atom is -0.340 e. The van der Waals surface area contributed by atoms with Gasteiger partial charge in [0, 0.05) is 29.1 Å². The quantitative estimate of drug-likeness (QED) is 0.773. The molecule has 1 saturated carbocycles. The van der Waals surface area contributed by atoms with E-state index in [1.54, 1.807) is 4.52 Å². The number of nitrogens with one attached hydrogen (secondary N) is 2. The predicted molar refractivity (Wildman–Crippen MR) is 86.6 cm³/mol. The third-order valence-corrected chi connectivity index (χ3v) is 3.75. The van der Waals surface area contributed by atoms with E-state index in [0.29, 0.717) is 5.78 Å². The van der Waals surface area contributed by atoms with E-state index in [1.165, 1.54) is 6.33 Å². The van der Waals surface area contributed by atoms with Gasteiger partial charge in [0.1, 0.15) is 12.1 Å². The summed E-state index contributed by atoms with van der Waals surface area (Å²) in [7, 11) is 0. The van der Waals surface area contributed by atoms with Gasteiger partial charge in [0.25, 0.3) is 5.78 Å². The van der Waals surface area contributed by atoms with Gasteiger partial charge in [0.2, 0.25) is 5.91 Å². The van der Waals surface area contributed by atoms with Crippen LogP contribution in [-0.4, -0.2) is 25.5 Å². The van der Waals surface area contributed by atoms with Crippen molar-refractivity contribution >= 4 is 28.9 Å². The van der Waals surface area contributed by atoms with Crippen molar-refractivity contribution in [2.24, 2.45) is 5.92 Å². The number of nitrogens with zero attached hydrogens (tertiary/aromatic N) is 4. The topological polar surface area (TPSA) is 84.2 Å². The minimum atomic E-state index is 0.111. The lowest BCUT2D eigenvalue weighted by atomic mass is 10.2. The monoisotopic (exact) mass is 308 g/mol. The van der Waals surface area contributed by atoms with Crippen LogP contribution in [0.2, 0.25) is 0 Å². The maximum absolute atomic E-state index is 11.8. The SMILES string of the molecule is Cc1cc(Nc2ccc(NC(=O)C3CC3)cc2)n2ncnc2n1. The number of carbonyl (C=O) groups excluding carboxylic acids is 1. The standard InChI is InChI=1S/C16H16N6O/c1-10-8-14(22-16(19-10)17-9-18-22)20-12-4-6-13(7-5-12)21-15(23)11-2-3-11/h4-9,11,20H,2-3H2,1H3,(H,21,23). The Morgan fingerprint density at radius 2 is 1.96 bits per heavy atom. The van der Waals surface area contributed by atoms with Crippen LogP contribution in [0, 0.1) is 12.8 Å². The van der Waals surface area contributed by atoms with Crippen LogP contribution in [0.15, 0.2) is 36.7 Å². The molecule has 0 unspecified atom stereocenters. The fraction of sp³-hybridized carbons (Fsp3) is 0.250. The average Bonchev–Trinajstić information content (AvgIpc) is 3.28. The number of aromatic nitrogens is 4. The maximum Gasteiger partial charge on any atom is 0.254 e. The molecule has 2 aromatic heterocycles. The second-order valence-corrected chi connectivity index (χ2v) is 5.72. The van der Waals surface area contributed by atoms with E-state index < -0.39 is 0 Å². The first kappa shape index (κ1) is 13.7. The molecule has 0 spiro atoms. The highest BCUT2D eigenvalue weighted by Gasteiger charge is 2.29. The lowest BCUT2D eigenvalue weighted by Crippen LogP contribution is -2.13. The van der Waals surface area contributed by atoms with Crippen LogP contribution in [0.4, 0.5) is 17.2 Å². The van der Waals surface area contributed by atoms with E-state index in [9.17, 15) is 4.79 Å². The molecule has 1 aromatic carbocycles. The normalized spacial score (nSPS) is 14.0. The molecule has 3 aromatic rings. The minimum absolute atomic E-state index is 0.111. The molecule has 1 amide bonds. The van der Waals surface area contributed by atoms with Crippen molar-refractivity contribution in [2.75, 3.05) is 10.6 Å². The van der Waals surface area contributed by atoms with Crippen molar-refractivity contribution in [3.05, 3.63) is 42.4 Å². The molecule has 0 saturated heterocycles. The van der Waals surface area contributed by atoms with Crippen LogP contribution in [0.25, 0.3) is 5.78 Å². The van der Waals surface area contributed by atoms with Gasteiger partial charge in [-0.15, -0.1) is 0 Å². The summed E-state index contributed by atoms with van der Waals surface area (Å²) >= 11 is 0. The van der Waals surface area contributed by atoms with Crippen molar-refractivity contribution < 1.29 is 4.79 Å². The molecular formula is C16H16N6O. The van der Waals surface area contributed by atoms with Crippen LogP contribution in [0.1, 0.15) is 18.5 Å². The number of hydrogen-bond acceptors (Lipinski definition) is 5. The van der Waals surface area contributed by atoms with Crippen LogP contribution in [0.5, 0.6) is 0 Å². The molecule has 0 bridgehead atoms. The van der Waals surface area contributed by atoms with E-state index >= 15 is 0 Å². The zero-order chi connectivity index (χ0) is 15.8. The number of carbonyl (C=O) groups is 1. The number of benzene rings is 1. The number of hydrogen-bond donors (Lipinski definition) is 2. The van der Waals surface area contributed by atoms with Crippen LogP contribution < -0.4 is 10.6 Å². The Bertz CT molecular complexity index is 866. The number of rotatable bonds is 4. The molecule has 2 N–H and O–H groups in total. The van der Waals surface area contributed by atoms with Gasteiger partial charge in [-0.1, -0.05) is 0 Å². The Kier molecular flexibility index (Phi) is 3.18. The number of anilines is 3.